The number of ether oxygens (including phenoxy) is 1. The largest absolute Gasteiger partial charge is 0.497 e. The Hall–Kier alpha value is -3.68. The molecule has 0 aliphatic carbocycles. The fourth-order valence-corrected chi connectivity index (χ4v) is 3.10. The molecule has 8 heteroatoms. The van der Waals surface area contributed by atoms with E-state index in [2.05, 4.69) is 20.5 Å². The first kappa shape index (κ1) is 17.7. The van der Waals surface area contributed by atoms with Crippen molar-refractivity contribution in [3.8, 4) is 5.75 Å². The van der Waals surface area contributed by atoms with Crippen LogP contribution in [0.1, 0.15) is 22.6 Å². The molecule has 142 valence electrons. The van der Waals surface area contributed by atoms with Crippen molar-refractivity contribution in [1.82, 2.24) is 24.9 Å². The molecule has 0 radical (unpaired) electrons. The van der Waals surface area contributed by atoms with E-state index in [4.69, 9.17) is 4.74 Å². The van der Waals surface area contributed by atoms with Gasteiger partial charge in [-0.05, 0) is 36.8 Å². The van der Waals surface area contributed by atoms with Gasteiger partial charge in [-0.25, -0.2) is 0 Å². The van der Waals surface area contributed by atoms with E-state index in [0.29, 0.717) is 36.0 Å². The van der Waals surface area contributed by atoms with Crippen LogP contribution in [0, 0.1) is 0 Å². The lowest BCUT2D eigenvalue weighted by molar-refractivity contribution is 0.0952. The number of aromatic amines is 1. The van der Waals surface area contributed by atoms with Crippen LogP contribution in [0.25, 0.3) is 16.6 Å². The number of carbonyl (C=O) groups is 1. The summed E-state index contributed by atoms with van der Waals surface area (Å²) in [5, 5.41) is 11.5. The number of nitrogens with one attached hydrogen (secondary N) is 2. The Morgan fingerprint density at radius 2 is 2.14 bits per heavy atom. The van der Waals surface area contributed by atoms with Gasteiger partial charge in [0.15, 0.2) is 5.65 Å². The minimum absolute atomic E-state index is 0.0775. The number of hydrogen-bond acceptors (Lipinski definition) is 5. The Morgan fingerprint density at radius 1 is 1.25 bits per heavy atom. The first-order valence-electron chi connectivity index (χ1n) is 8.93. The maximum Gasteiger partial charge on any atom is 0.256 e. The van der Waals surface area contributed by atoms with Crippen LogP contribution in [0.2, 0.25) is 0 Å². The number of rotatable bonds is 6. The number of fused-ring (bicyclic) bond motifs is 2. The zero-order valence-electron chi connectivity index (χ0n) is 15.3. The van der Waals surface area contributed by atoms with Crippen molar-refractivity contribution >= 4 is 22.5 Å². The summed E-state index contributed by atoms with van der Waals surface area (Å²) in [5.74, 6) is 0.994. The van der Waals surface area contributed by atoms with Crippen LogP contribution in [-0.2, 0) is 6.42 Å². The third-order valence-corrected chi connectivity index (χ3v) is 4.58. The lowest BCUT2D eigenvalue weighted by Crippen LogP contribution is -2.30. The average Bonchev–Trinajstić information content (AvgIpc) is 3.14. The van der Waals surface area contributed by atoms with Gasteiger partial charge >= 0.3 is 0 Å². The summed E-state index contributed by atoms with van der Waals surface area (Å²) < 4.78 is 7.08. The van der Waals surface area contributed by atoms with Gasteiger partial charge in [0.2, 0.25) is 5.43 Å². The molecule has 4 rings (SSSR count). The highest BCUT2D eigenvalue weighted by atomic mass is 16.5. The molecule has 4 aromatic rings. The SMILES string of the molecule is COc1ccc2[nH]cc(C(=O)NCCCc3nnc4ccccn34)c(=O)c2c1. The van der Waals surface area contributed by atoms with Crippen molar-refractivity contribution in [3.05, 3.63) is 70.4 Å². The Balaban J connectivity index is 1.42. The Morgan fingerprint density at radius 3 is 3.00 bits per heavy atom. The van der Waals surface area contributed by atoms with E-state index >= 15 is 0 Å². The van der Waals surface area contributed by atoms with Crippen LogP contribution in [0.3, 0.4) is 0 Å². The normalized spacial score (nSPS) is 11.0. The molecule has 8 nitrogen and oxygen atoms in total. The highest BCUT2D eigenvalue weighted by molar-refractivity contribution is 5.97. The summed E-state index contributed by atoms with van der Waals surface area (Å²) in [6, 6.07) is 10.8. The van der Waals surface area contributed by atoms with Gasteiger partial charge in [-0.3, -0.25) is 14.0 Å². The molecule has 1 aromatic carbocycles. The Kier molecular flexibility index (Phi) is 4.76. The number of hydrogen-bond donors (Lipinski definition) is 2. The van der Waals surface area contributed by atoms with Gasteiger partial charge in [-0.2, -0.15) is 0 Å². The smallest absolute Gasteiger partial charge is 0.256 e. The van der Waals surface area contributed by atoms with Crippen molar-refractivity contribution in [1.29, 1.82) is 0 Å². The van der Waals surface area contributed by atoms with E-state index in [1.807, 2.05) is 28.8 Å². The fraction of sp³-hybridized carbons (Fsp3) is 0.200. The van der Waals surface area contributed by atoms with Crippen molar-refractivity contribution < 1.29 is 9.53 Å². The lowest BCUT2D eigenvalue weighted by Gasteiger charge is -2.07. The Labute approximate surface area is 160 Å². The topological polar surface area (TPSA) is 101 Å². The number of amides is 1. The van der Waals surface area contributed by atoms with E-state index in [1.165, 1.54) is 13.3 Å². The van der Waals surface area contributed by atoms with Gasteiger partial charge in [0, 0.05) is 36.3 Å². The molecule has 3 heterocycles. The predicted octanol–water partition coefficient (Wildman–Crippen LogP) is 1.94. The van der Waals surface area contributed by atoms with E-state index in [1.54, 1.807) is 18.2 Å². The second-order valence-electron chi connectivity index (χ2n) is 6.35. The van der Waals surface area contributed by atoms with Crippen LogP contribution in [0.15, 0.2) is 53.6 Å². The molecular weight excluding hydrogens is 358 g/mol. The Bertz CT molecular complexity index is 1210. The van der Waals surface area contributed by atoms with Crippen LogP contribution < -0.4 is 15.5 Å². The summed E-state index contributed by atoms with van der Waals surface area (Å²) in [6.45, 7) is 0.427. The van der Waals surface area contributed by atoms with Crippen LogP contribution in [0.5, 0.6) is 5.75 Å². The molecule has 0 aliphatic heterocycles. The standard InChI is InChI=1S/C20H19N5O3/c1-28-13-7-8-16-14(11-13)19(26)15(12-22-16)20(27)21-9-4-6-18-24-23-17-5-2-3-10-25(17)18/h2-3,5,7-8,10-12H,4,6,9H2,1H3,(H,21,27)(H,22,26). The predicted molar refractivity (Wildman–Crippen MR) is 105 cm³/mol. The van der Waals surface area contributed by atoms with Crippen LogP contribution in [-0.4, -0.2) is 39.1 Å². The molecule has 0 atom stereocenters. The third kappa shape index (κ3) is 3.32. The molecule has 3 aromatic heterocycles. The number of H-pyrrole nitrogens is 1. The van der Waals surface area contributed by atoms with Gasteiger partial charge in [0.25, 0.3) is 5.91 Å². The summed E-state index contributed by atoms with van der Waals surface area (Å²) in [6.07, 6.45) is 4.70. The van der Waals surface area contributed by atoms with Crippen molar-refractivity contribution in [2.24, 2.45) is 0 Å². The molecule has 0 fully saturated rings. The second kappa shape index (κ2) is 7.51. The average molecular weight is 377 g/mol. The molecule has 1 amide bonds. The van der Waals surface area contributed by atoms with Crippen molar-refractivity contribution in [2.75, 3.05) is 13.7 Å². The molecule has 2 N–H and O–H groups in total. The molecule has 0 bridgehead atoms. The third-order valence-electron chi connectivity index (χ3n) is 4.58. The minimum atomic E-state index is -0.405. The van der Waals surface area contributed by atoms with E-state index in [-0.39, 0.29) is 11.0 Å². The molecule has 0 saturated heterocycles. The maximum absolute atomic E-state index is 12.6. The first-order chi connectivity index (χ1) is 13.7. The molecule has 0 unspecified atom stereocenters. The maximum atomic E-state index is 12.6. The molecule has 0 aliphatic rings. The number of benzene rings is 1. The quantitative estimate of drug-likeness (QED) is 0.500. The molecule has 0 saturated carbocycles. The van der Waals surface area contributed by atoms with E-state index in [9.17, 15) is 9.59 Å². The molecule has 28 heavy (non-hydrogen) atoms. The lowest BCUT2D eigenvalue weighted by atomic mass is 10.1. The van der Waals surface area contributed by atoms with Crippen molar-refractivity contribution in [2.45, 2.75) is 12.8 Å². The number of carbonyl (C=O) groups excluding carboxylic acids is 1. The molecule has 0 spiro atoms. The zero-order chi connectivity index (χ0) is 19.5. The van der Waals surface area contributed by atoms with Crippen LogP contribution in [0.4, 0.5) is 0 Å². The van der Waals surface area contributed by atoms with E-state index < -0.39 is 5.91 Å². The number of aromatic nitrogens is 4. The fourth-order valence-electron chi connectivity index (χ4n) is 3.10. The van der Waals surface area contributed by atoms with Gasteiger partial charge < -0.3 is 15.0 Å². The summed E-state index contributed by atoms with van der Waals surface area (Å²) >= 11 is 0. The number of methoxy groups -OCH3 is 1. The first-order valence-corrected chi connectivity index (χ1v) is 8.93. The zero-order valence-corrected chi connectivity index (χ0v) is 15.3. The summed E-state index contributed by atoms with van der Waals surface area (Å²) in [4.78, 5) is 28.1. The minimum Gasteiger partial charge on any atom is -0.497 e. The summed E-state index contributed by atoms with van der Waals surface area (Å²) in [5.41, 5.74) is 1.20. The highest BCUT2D eigenvalue weighted by Gasteiger charge is 2.13. The summed E-state index contributed by atoms with van der Waals surface area (Å²) in [7, 11) is 1.53. The van der Waals surface area contributed by atoms with Gasteiger partial charge in [-0.1, -0.05) is 6.07 Å². The number of nitrogens with zero attached hydrogens (tertiary/aromatic N) is 3. The molecular formula is C20H19N5O3. The van der Waals surface area contributed by atoms with Gasteiger partial charge in [0.1, 0.15) is 17.1 Å². The van der Waals surface area contributed by atoms with Gasteiger partial charge in [-0.15, -0.1) is 10.2 Å². The van der Waals surface area contributed by atoms with Gasteiger partial charge in [0.05, 0.1) is 7.11 Å². The number of aryl methyl sites for hydroxylation is 1. The van der Waals surface area contributed by atoms with E-state index in [0.717, 1.165) is 11.5 Å². The second-order valence-corrected chi connectivity index (χ2v) is 6.35. The highest BCUT2D eigenvalue weighted by Crippen LogP contribution is 2.16. The van der Waals surface area contributed by atoms with Crippen molar-refractivity contribution in [3.63, 3.8) is 0 Å². The van der Waals surface area contributed by atoms with Crippen LogP contribution >= 0.6 is 0 Å². The number of pyridine rings is 2. The monoisotopic (exact) mass is 377 g/mol.